The minimum absolute atomic E-state index is 0.0241. The maximum atomic E-state index is 10.8. The molecule has 0 spiro atoms. The van der Waals surface area contributed by atoms with Crippen molar-refractivity contribution in [2.45, 2.75) is 31.6 Å². The normalized spacial score (nSPS) is 24.8. The fraction of sp³-hybridized carbons (Fsp3) is 0.875. The van der Waals surface area contributed by atoms with Crippen molar-refractivity contribution in [3.63, 3.8) is 0 Å². The molecule has 0 unspecified atom stereocenters. The van der Waals surface area contributed by atoms with E-state index in [1.54, 1.807) is 0 Å². The number of hydrogen-bond donors (Lipinski definition) is 2. The standard InChI is InChI=1S/C8H16N2OS/c1-3-4-12-6(2)7-5-9-8(11)10-7/h6-7H,3-5H2,1-2H3,(H2,9,10,11)/t6-,7-/m0/s1. The Balaban J connectivity index is 2.23. The van der Waals surface area contributed by atoms with Gasteiger partial charge in [-0.2, -0.15) is 11.8 Å². The van der Waals surface area contributed by atoms with Gasteiger partial charge in [0.05, 0.1) is 6.04 Å². The lowest BCUT2D eigenvalue weighted by molar-refractivity contribution is 0.247. The zero-order valence-electron chi connectivity index (χ0n) is 7.59. The number of hydrogen-bond acceptors (Lipinski definition) is 2. The zero-order valence-corrected chi connectivity index (χ0v) is 8.41. The van der Waals surface area contributed by atoms with Crippen LogP contribution in [0.15, 0.2) is 0 Å². The van der Waals surface area contributed by atoms with Gasteiger partial charge in [-0.25, -0.2) is 4.79 Å². The van der Waals surface area contributed by atoms with Gasteiger partial charge in [0, 0.05) is 11.8 Å². The van der Waals surface area contributed by atoms with Crippen LogP contribution in [-0.4, -0.2) is 29.6 Å². The molecule has 0 aromatic heterocycles. The molecule has 1 fully saturated rings. The van der Waals surface area contributed by atoms with Crippen LogP contribution in [-0.2, 0) is 0 Å². The molecule has 0 aromatic carbocycles. The molecule has 1 aliphatic rings. The first-order valence-corrected chi connectivity index (χ1v) is 5.45. The van der Waals surface area contributed by atoms with E-state index in [9.17, 15) is 4.79 Å². The number of amides is 2. The highest BCUT2D eigenvalue weighted by Gasteiger charge is 2.24. The van der Waals surface area contributed by atoms with Gasteiger partial charge < -0.3 is 10.6 Å². The first kappa shape index (κ1) is 9.71. The van der Waals surface area contributed by atoms with E-state index < -0.39 is 0 Å². The highest BCUT2D eigenvalue weighted by Crippen LogP contribution is 2.16. The third kappa shape index (κ3) is 2.59. The summed E-state index contributed by atoms with van der Waals surface area (Å²) in [7, 11) is 0. The number of carbonyl (C=O) groups excluding carboxylic acids is 1. The second-order valence-electron chi connectivity index (χ2n) is 3.04. The number of rotatable bonds is 4. The molecule has 2 amide bonds. The Labute approximate surface area is 77.7 Å². The van der Waals surface area contributed by atoms with E-state index in [-0.39, 0.29) is 6.03 Å². The summed E-state index contributed by atoms with van der Waals surface area (Å²) in [6, 6.07) is 0.290. The third-order valence-corrected chi connectivity index (χ3v) is 3.45. The smallest absolute Gasteiger partial charge is 0.315 e. The van der Waals surface area contributed by atoms with E-state index in [1.807, 2.05) is 11.8 Å². The van der Waals surface area contributed by atoms with Crippen LogP contribution in [0.25, 0.3) is 0 Å². The quantitative estimate of drug-likeness (QED) is 0.696. The SMILES string of the molecule is CCCS[C@@H](C)[C@@H]1CNC(=O)N1. The molecule has 0 saturated carbocycles. The molecule has 1 saturated heterocycles. The number of thioether (sulfide) groups is 1. The van der Waals surface area contributed by atoms with E-state index in [4.69, 9.17) is 0 Å². The van der Waals surface area contributed by atoms with Crippen LogP contribution in [0.1, 0.15) is 20.3 Å². The predicted octanol–water partition coefficient (Wildman–Crippen LogP) is 1.20. The van der Waals surface area contributed by atoms with Crippen molar-refractivity contribution in [1.82, 2.24) is 10.6 Å². The van der Waals surface area contributed by atoms with Gasteiger partial charge in [-0.1, -0.05) is 13.8 Å². The van der Waals surface area contributed by atoms with Crippen LogP contribution < -0.4 is 10.6 Å². The lowest BCUT2D eigenvalue weighted by Gasteiger charge is -2.16. The fourth-order valence-corrected chi connectivity index (χ4v) is 2.18. The minimum Gasteiger partial charge on any atom is -0.336 e. The molecule has 0 aliphatic carbocycles. The van der Waals surface area contributed by atoms with E-state index in [2.05, 4.69) is 24.5 Å². The molecule has 4 heteroatoms. The van der Waals surface area contributed by atoms with Crippen molar-refractivity contribution in [3.05, 3.63) is 0 Å². The van der Waals surface area contributed by atoms with Gasteiger partial charge >= 0.3 is 6.03 Å². The topological polar surface area (TPSA) is 41.1 Å². The van der Waals surface area contributed by atoms with E-state index >= 15 is 0 Å². The Hall–Kier alpha value is -0.380. The van der Waals surface area contributed by atoms with Gasteiger partial charge in [-0.3, -0.25) is 0 Å². The molecule has 1 rings (SSSR count). The number of nitrogens with one attached hydrogen (secondary N) is 2. The Morgan fingerprint density at radius 2 is 2.50 bits per heavy atom. The van der Waals surface area contributed by atoms with E-state index in [1.165, 1.54) is 12.2 Å². The molecule has 2 N–H and O–H groups in total. The molecule has 70 valence electrons. The van der Waals surface area contributed by atoms with Crippen molar-refractivity contribution in [1.29, 1.82) is 0 Å². The van der Waals surface area contributed by atoms with Gasteiger partial charge in [-0.15, -0.1) is 0 Å². The van der Waals surface area contributed by atoms with Crippen LogP contribution in [0, 0.1) is 0 Å². The van der Waals surface area contributed by atoms with Crippen molar-refractivity contribution in [3.8, 4) is 0 Å². The molecule has 1 heterocycles. The first-order valence-electron chi connectivity index (χ1n) is 4.40. The Kier molecular flexibility index (Phi) is 3.72. The van der Waals surface area contributed by atoms with Crippen LogP contribution in [0.4, 0.5) is 4.79 Å². The molecular formula is C8H16N2OS. The number of carbonyl (C=O) groups is 1. The summed E-state index contributed by atoms with van der Waals surface area (Å²) in [6.07, 6.45) is 1.20. The highest BCUT2D eigenvalue weighted by atomic mass is 32.2. The summed E-state index contributed by atoms with van der Waals surface area (Å²) in [4.78, 5) is 10.8. The van der Waals surface area contributed by atoms with Crippen LogP contribution in [0.3, 0.4) is 0 Å². The predicted molar refractivity (Wildman–Crippen MR) is 52.5 cm³/mol. The van der Waals surface area contributed by atoms with Crippen molar-refractivity contribution in [2.24, 2.45) is 0 Å². The zero-order chi connectivity index (χ0) is 8.97. The van der Waals surface area contributed by atoms with E-state index in [0.29, 0.717) is 11.3 Å². The molecular weight excluding hydrogens is 172 g/mol. The second-order valence-corrected chi connectivity index (χ2v) is 4.52. The molecule has 0 bridgehead atoms. The summed E-state index contributed by atoms with van der Waals surface area (Å²) >= 11 is 1.92. The highest BCUT2D eigenvalue weighted by molar-refractivity contribution is 7.99. The molecule has 3 nitrogen and oxygen atoms in total. The average Bonchev–Trinajstić information content (AvgIpc) is 2.47. The van der Waals surface area contributed by atoms with Crippen molar-refractivity contribution >= 4 is 17.8 Å². The molecule has 0 radical (unpaired) electrons. The van der Waals surface area contributed by atoms with E-state index in [0.717, 1.165) is 6.54 Å². The maximum Gasteiger partial charge on any atom is 0.315 e. The lowest BCUT2D eigenvalue weighted by atomic mass is 10.2. The van der Waals surface area contributed by atoms with Crippen LogP contribution in [0.2, 0.25) is 0 Å². The molecule has 0 aromatic rings. The third-order valence-electron chi connectivity index (χ3n) is 1.95. The Bertz CT molecular complexity index is 163. The fourth-order valence-electron chi connectivity index (χ4n) is 1.18. The Morgan fingerprint density at radius 1 is 1.75 bits per heavy atom. The summed E-state index contributed by atoms with van der Waals surface area (Å²) in [5, 5.41) is 6.17. The Morgan fingerprint density at radius 3 is 3.00 bits per heavy atom. The van der Waals surface area contributed by atoms with Gasteiger partial charge in [0.1, 0.15) is 0 Å². The summed E-state index contributed by atoms with van der Waals surface area (Å²) < 4.78 is 0. The van der Waals surface area contributed by atoms with Crippen LogP contribution in [0.5, 0.6) is 0 Å². The first-order chi connectivity index (χ1) is 5.74. The van der Waals surface area contributed by atoms with Gasteiger partial charge in [0.2, 0.25) is 0 Å². The van der Waals surface area contributed by atoms with Crippen LogP contribution >= 0.6 is 11.8 Å². The number of urea groups is 1. The maximum absolute atomic E-state index is 10.8. The van der Waals surface area contributed by atoms with Crippen molar-refractivity contribution < 1.29 is 4.79 Å². The van der Waals surface area contributed by atoms with Gasteiger partial charge in [-0.05, 0) is 12.2 Å². The molecule has 2 atom stereocenters. The lowest BCUT2D eigenvalue weighted by Crippen LogP contribution is -2.34. The molecule has 1 aliphatic heterocycles. The second kappa shape index (κ2) is 4.60. The largest absolute Gasteiger partial charge is 0.336 e. The van der Waals surface area contributed by atoms with Crippen molar-refractivity contribution in [2.75, 3.05) is 12.3 Å². The summed E-state index contributed by atoms with van der Waals surface area (Å²) in [6.45, 7) is 5.11. The average molecular weight is 188 g/mol. The minimum atomic E-state index is -0.0241. The van der Waals surface area contributed by atoms with Gasteiger partial charge in [0.15, 0.2) is 0 Å². The monoisotopic (exact) mass is 188 g/mol. The molecule has 12 heavy (non-hydrogen) atoms. The van der Waals surface area contributed by atoms with Gasteiger partial charge in [0.25, 0.3) is 0 Å². The summed E-state index contributed by atoms with van der Waals surface area (Å²) in [5.41, 5.74) is 0. The summed E-state index contributed by atoms with van der Waals surface area (Å²) in [5.74, 6) is 1.17.